The molecule has 21 heavy (non-hydrogen) atoms. The van der Waals surface area contributed by atoms with Gasteiger partial charge >= 0.3 is 0 Å². The minimum Gasteiger partial charge on any atom is -0.273 e. The van der Waals surface area contributed by atoms with Gasteiger partial charge in [0.05, 0.1) is 6.21 Å². The summed E-state index contributed by atoms with van der Waals surface area (Å²) in [4.78, 5) is 12.8. The Morgan fingerprint density at radius 1 is 1.19 bits per heavy atom. The van der Waals surface area contributed by atoms with E-state index in [1.807, 2.05) is 54.6 Å². The topological polar surface area (TPSA) is 41.5 Å². The second-order valence-electron chi connectivity index (χ2n) is 4.26. The predicted octanol–water partition coefficient (Wildman–Crippen LogP) is 4.08. The molecule has 0 atom stereocenters. The number of amides is 1. The van der Waals surface area contributed by atoms with Crippen molar-refractivity contribution in [2.45, 2.75) is 11.3 Å². The number of hydrogen-bond acceptors (Lipinski definition) is 3. The molecule has 0 fully saturated rings. The first-order valence-electron chi connectivity index (χ1n) is 6.49. The van der Waals surface area contributed by atoms with Gasteiger partial charge in [-0.2, -0.15) is 5.10 Å². The molecule has 5 heteroatoms. The minimum absolute atomic E-state index is 0.0790. The molecule has 0 aliphatic carbocycles. The summed E-state index contributed by atoms with van der Waals surface area (Å²) in [6, 6.07) is 17.7. The van der Waals surface area contributed by atoms with Crippen LogP contribution in [0.1, 0.15) is 12.0 Å². The van der Waals surface area contributed by atoms with E-state index in [4.69, 9.17) is 0 Å². The average Bonchev–Trinajstić information content (AvgIpc) is 2.48. The quantitative estimate of drug-likeness (QED) is 0.477. The van der Waals surface area contributed by atoms with Gasteiger partial charge in [0, 0.05) is 21.5 Å². The van der Waals surface area contributed by atoms with Crippen LogP contribution in [0.15, 0.2) is 69.1 Å². The highest BCUT2D eigenvalue weighted by Crippen LogP contribution is 2.17. The number of halogens is 1. The molecule has 0 heterocycles. The zero-order chi connectivity index (χ0) is 14.9. The van der Waals surface area contributed by atoms with Crippen LogP contribution in [-0.2, 0) is 4.79 Å². The van der Waals surface area contributed by atoms with Gasteiger partial charge in [-0.1, -0.05) is 46.3 Å². The number of carbonyl (C=O) groups excluding carboxylic acids is 1. The average molecular weight is 363 g/mol. The molecule has 0 aliphatic heterocycles. The maximum atomic E-state index is 11.6. The Labute approximate surface area is 137 Å². The van der Waals surface area contributed by atoms with E-state index in [2.05, 4.69) is 26.5 Å². The Morgan fingerprint density at radius 2 is 2.00 bits per heavy atom. The van der Waals surface area contributed by atoms with Crippen molar-refractivity contribution in [2.24, 2.45) is 5.10 Å². The van der Waals surface area contributed by atoms with E-state index in [1.54, 1.807) is 18.0 Å². The second kappa shape index (κ2) is 8.64. The summed E-state index contributed by atoms with van der Waals surface area (Å²) in [6.07, 6.45) is 2.07. The Bertz CT molecular complexity index is 617. The second-order valence-corrected chi connectivity index (χ2v) is 6.34. The van der Waals surface area contributed by atoms with Crippen molar-refractivity contribution < 1.29 is 4.79 Å². The number of hydrogen-bond donors (Lipinski definition) is 1. The number of nitrogens with one attached hydrogen (secondary N) is 1. The SMILES string of the molecule is O=C(CCSc1ccccc1)NN=Cc1cccc(Br)c1. The molecule has 0 radical (unpaired) electrons. The van der Waals surface area contributed by atoms with Crippen molar-refractivity contribution in [3.8, 4) is 0 Å². The molecule has 3 nitrogen and oxygen atoms in total. The van der Waals surface area contributed by atoms with Crippen molar-refractivity contribution in [3.05, 3.63) is 64.6 Å². The molecule has 2 rings (SSSR count). The zero-order valence-corrected chi connectivity index (χ0v) is 13.7. The molecule has 0 unspecified atom stereocenters. The van der Waals surface area contributed by atoms with Crippen molar-refractivity contribution >= 4 is 39.8 Å². The maximum Gasteiger partial charge on any atom is 0.240 e. The van der Waals surface area contributed by atoms with Gasteiger partial charge in [-0.3, -0.25) is 4.79 Å². The standard InChI is InChI=1S/C16H15BrN2OS/c17-14-6-4-5-13(11-14)12-18-19-16(20)9-10-21-15-7-2-1-3-8-15/h1-8,11-12H,9-10H2,(H,19,20). The van der Waals surface area contributed by atoms with Crippen LogP contribution in [0.5, 0.6) is 0 Å². The largest absolute Gasteiger partial charge is 0.273 e. The van der Waals surface area contributed by atoms with E-state index in [0.29, 0.717) is 6.42 Å². The highest BCUT2D eigenvalue weighted by atomic mass is 79.9. The molecule has 0 spiro atoms. The normalized spacial score (nSPS) is 10.7. The molecular formula is C16H15BrN2OS. The van der Waals surface area contributed by atoms with E-state index < -0.39 is 0 Å². The highest BCUT2D eigenvalue weighted by molar-refractivity contribution is 9.10. The van der Waals surface area contributed by atoms with Gasteiger partial charge in [0.2, 0.25) is 5.91 Å². The smallest absolute Gasteiger partial charge is 0.240 e. The van der Waals surface area contributed by atoms with Gasteiger partial charge in [0.25, 0.3) is 0 Å². The molecule has 2 aromatic carbocycles. The number of rotatable bonds is 6. The van der Waals surface area contributed by atoms with Crippen molar-refractivity contribution in [1.82, 2.24) is 5.43 Å². The Balaban J connectivity index is 1.70. The van der Waals surface area contributed by atoms with E-state index >= 15 is 0 Å². The third-order valence-electron chi connectivity index (χ3n) is 2.59. The van der Waals surface area contributed by atoms with Gasteiger partial charge in [-0.15, -0.1) is 11.8 Å². The van der Waals surface area contributed by atoms with Crippen LogP contribution in [0.3, 0.4) is 0 Å². The van der Waals surface area contributed by atoms with Crippen LogP contribution >= 0.6 is 27.7 Å². The van der Waals surface area contributed by atoms with Crippen LogP contribution in [-0.4, -0.2) is 17.9 Å². The minimum atomic E-state index is -0.0790. The summed E-state index contributed by atoms with van der Waals surface area (Å²) in [6.45, 7) is 0. The van der Waals surface area contributed by atoms with Gasteiger partial charge in [0.15, 0.2) is 0 Å². The fourth-order valence-corrected chi connectivity index (χ4v) is 2.89. The maximum absolute atomic E-state index is 11.6. The van der Waals surface area contributed by atoms with Crippen LogP contribution in [0.25, 0.3) is 0 Å². The van der Waals surface area contributed by atoms with E-state index in [1.165, 1.54) is 4.90 Å². The molecule has 108 valence electrons. The van der Waals surface area contributed by atoms with Crippen molar-refractivity contribution in [3.63, 3.8) is 0 Å². The molecule has 1 N–H and O–H groups in total. The lowest BCUT2D eigenvalue weighted by atomic mass is 10.2. The van der Waals surface area contributed by atoms with Crippen LogP contribution < -0.4 is 5.43 Å². The van der Waals surface area contributed by atoms with Crippen molar-refractivity contribution in [2.75, 3.05) is 5.75 Å². The first kappa shape index (κ1) is 15.8. The first-order chi connectivity index (χ1) is 10.2. The number of carbonyl (C=O) groups is 1. The van der Waals surface area contributed by atoms with Gasteiger partial charge < -0.3 is 0 Å². The Hall–Kier alpha value is -1.59. The molecule has 1 amide bonds. The fraction of sp³-hybridized carbons (Fsp3) is 0.125. The Morgan fingerprint density at radius 3 is 2.76 bits per heavy atom. The van der Waals surface area contributed by atoms with Crippen molar-refractivity contribution in [1.29, 1.82) is 0 Å². The van der Waals surface area contributed by atoms with Gasteiger partial charge in [-0.05, 0) is 29.8 Å². The molecule has 0 saturated heterocycles. The van der Waals surface area contributed by atoms with E-state index in [0.717, 1.165) is 15.8 Å². The first-order valence-corrected chi connectivity index (χ1v) is 8.27. The van der Waals surface area contributed by atoms with Gasteiger partial charge in [-0.25, -0.2) is 5.43 Å². The molecule has 0 aromatic heterocycles. The lowest BCUT2D eigenvalue weighted by Crippen LogP contribution is -2.17. The highest BCUT2D eigenvalue weighted by Gasteiger charge is 2.00. The summed E-state index contributed by atoms with van der Waals surface area (Å²) in [5, 5.41) is 3.95. The summed E-state index contributed by atoms with van der Waals surface area (Å²) in [7, 11) is 0. The zero-order valence-electron chi connectivity index (χ0n) is 11.3. The lowest BCUT2D eigenvalue weighted by molar-refractivity contribution is -0.120. The number of hydrazone groups is 1. The van der Waals surface area contributed by atoms with Gasteiger partial charge in [0.1, 0.15) is 0 Å². The number of nitrogens with zero attached hydrogens (tertiary/aromatic N) is 1. The summed E-state index contributed by atoms with van der Waals surface area (Å²) >= 11 is 5.05. The Kier molecular flexibility index (Phi) is 6.50. The van der Waals surface area contributed by atoms with Crippen LogP contribution in [0.2, 0.25) is 0 Å². The fourth-order valence-electron chi connectivity index (χ4n) is 1.60. The number of benzene rings is 2. The molecule has 2 aromatic rings. The molecular weight excluding hydrogens is 348 g/mol. The molecule has 0 aliphatic rings. The summed E-state index contributed by atoms with van der Waals surface area (Å²) in [5.74, 6) is 0.659. The number of thioether (sulfide) groups is 1. The van der Waals surface area contributed by atoms with Crippen LogP contribution in [0.4, 0.5) is 0 Å². The molecule has 0 saturated carbocycles. The third-order valence-corrected chi connectivity index (χ3v) is 4.10. The monoisotopic (exact) mass is 362 g/mol. The summed E-state index contributed by atoms with van der Waals surface area (Å²) < 4.78 is 0.983. The summed E-state index contributed by atoms with van der Waals surface area (Å²) in [5.41, 5.74) is 3.47. The molecule has 0 bridgehead atoms. The third kappa shape index (κ3) is 6.14. The van der Waals surface area contributed by atoms with Crippen LogP contribution in [0, 0.1) is 0 Å². The lowest BCUT2D eigenvalue weighted by Gasteiger charge is -2.01. The predicted molar refractivity (Wildman–Crippen MR) is 91.7 cm³/mol. The van der Waals surface area contributed by atoms with E-state index in [9.17, 15) is 4.79 Å². The van der Waals surface area contributed by atoms with E-state index in [-0.39, 0.29) is 5.91 Å².